The van der Waals surface area contributed by atoms with E-state index >= 15 is 0 Å². The molecule has 5 nitrogen and oxygen atoms in total. The number of nitrogens with one attached hydrogen (secondary N) is 1. The topological polar surface area (TPSA) is 62.5 Å². The summed E-state index contributed by atoms with van der Waals surface area (Å²) in [6.45, 7) is 5.95. The van der Waals surface area contributed by atoms with E-state index in [1.807, 2.05) is 16.8 Å². The highest BCUT2D eigenvalue weighted by molar-refractivity contribution is 9.10. The van der Waals surface area contributed by atoms with Crippen LogP contribution in [0.3, 0.4) is 0 Å². The molecule has 0 radical (unpaired) electrons. The van der Waals surface area contributed by atoms with Crippen LogP contribution in [0.25, 0.3) is 16.9 Å². The summed E-state index contributed by atoms with van der Waals surface area (Å²) in [7, 11) is 0. The lowest BCUT2D eigenvalue weighted by Crippen LogP contribution is -2.29. The molecule has 1 aromatic carbocycles. The zero-order valence-corrected chi connectivity index (χ0v) is 14.9. The van der Waals surface area contributed by atoms with Gasteiger partial charge >= 0.3 is 0 Å². The molecule has 0 aliphatic heterocycles. The van der Waals surface area contributed by atoms with Crippen molar-refractivity contribution >= 4 is 27.4 Å². The number of rotatable bonds is 4. The summed E-state index contributed by atoms with van der Waals surface area (Å²) in [5.74, 6) is 0.639. The number of fused-ring (bicyclic) bond motifs is 1. The van der Waals surface area contributed by atoms with E-state index in [0.29, 0.717) is 17.0 Å². The molecular weight excluding hydrogens is 356 g/mol. The zero-order valence-electron chi connectivity index (χ0n) is 13.3. The molecule has 0 amide bonds. The largest absolute Gasteiger partial charge is 0.389 e. The Morgan fingerprint density at radius 3 is 2.61 bits per heavy atom. The van der Waals surface area contributed by atoms with Crippen LogP contribution in [-0.2, 0) is 0 Å². The highest BCUT2D eigenvalue weighted by Crippen LogP contribution is 2.26. The van der Waals surface area contributed by atoms with Crippen molar-refractivity contribution in [1.29, 1.82) is 0 Å². The predicted octanol–water partition coefficient (Wildman–Crippen LogP) is 3.65. The van der Waals surface area contributed by atoms with Gasteiger partial charge in [0.05, 0.1) is 17.5 Å². The normalized spacial score (nSPS) is 11.9. The van der Waals surface area contributed by atoms with Gasteiger partial charge in [-0.15, -0.1) is 0 Å². The SMILES string of the molecule is Cc1ccc(-c2cnc3c(NCC(C)(C)O)nc(Br)cn23)cc1. The molecule has 0 saturated carbocycles. The minimum atomic E-state index is -0.826. The van der Waals surface area contributed by atoms with Crippen LogP contribution in [0, 0.1) is 6.92 Å². The quantitative estimate of drug-likeness (QED) is 0.731. The Morgan fingerprint density at radius 1 is 1.26 bits per heavy atom. The third-order valence-electron chi connectivity index (χ3n) is 3.50. The number of hydrogen-bond acceptors (Lipinski definition) is 4. The number of aliphatic hydroxyl groups is 1. The first-order valence-electron chi connectivity index (χ1n) is 7.40. The first-order chi connectivity index (χ1) is 10.8. The number of halogens is 1. The summed E-state index contributed by atoms with van der Waals surface area (Å²) in [6.07, 6.45) is 3.73. The predicted molar refractivity (Wildman–Crippen MR) is 95.6 cm³/mol. The van der Waals surface area contributed by atoms with Gasteiger partial charge in [0.25, 0.3) is 0 Å². The lowest BCUT2D eigenvalue weighted by Gasteiger charge is -2.18. The van der Waals surface area contributed by atoms with Gasteiger partial charge in [-0.25, -0.2) is 9.97 Å². The van der Waals surface area contributed by atoms with Gasteiger partial charge in [-0.2, -0.15) is 0 Å². The molecule has 3 aromatic rings. The summed E-state index contributed by atoms with van der Waals surface area (Å²) in [5, 5.41) is 13.1. The van der Waals surface area contributed by atoms with Crippen molar-refractivity contribution in [2.75, 3.05) is 11.9 Å². The number of hydrogen-bond donors (Lipinski definition) is 2. The summed E-state index contributed by atoms with van der Waals surface area (Å²) < 4.78 is 2.70. The molecule has 3 rings (SSSR count). The number of benzene rings is 1. The molecule has 0 fully saturated rings. The van der Waals surface area contributed by atoms with E-state index in [9.17, 15) is 5.11 Å². The molecule has 0 unspecified atom stereocenters. The summed E-state index contributed by atoms with van der Waals surface area (Å²) >= 11 is 3.44. The second kappa shape index (κ2) is 5.94. The van der Waals surface area contributed by atoms with Gasteiger partial charge in [-0.1, -0.05) is 29.8 Å². The molecule has 2 heterocycles. The number of aromatic nitrogens is 3. The smallest absolute Gasteiger partial charge is 0.180 e. The highest BCUT2D eigenvalue weighted by atomic mass is 79.9. The van der Waals surface area contributed by atoms with Gasteiger partial charge < -0.3 is 10.4 Å². The Hall–Kier alpha value is -1.92. The third-order valence-corrected chi connectivity index (χ3v) is 3.88. The minimum Gasteiger partial charge on any atom is -0.389 e. The van der Waals surface area contributed by atoms with Gasteiger partial charge in [0, 0.05) is 18.3 Å². The van der Waals surface area contributed by atoms with Crippen LogP contribution in [0.2, 0.25) is 0 Å². The van der Waals surface area contributed by atoms with Gasteiger partial charge in [0.1, 0.15) is 4.60 Å². The molecular formula is C17H19BrN4O. The van der Waals surface area contributed by atoms with Crippen molar-refractivity contribution in [3.8, 4) is 11.3 Å². The van der Waals surface area contributed by atoms with Crippen molar-refractivity contribution < 1.29 is 5.11 Å². The van der Waals surface area contributed by atoms with E-state index < -0.39 is 5.60 Å². The van der Waals surface area contributed by atoms with E-state index in [-0.39, 0.29) is 0 Å². The fourth-order valence-electron chi connectivity index (χ4n) is 2.32. The third kappa shape index (κ3) is 3.54. The number of aryl methyl sites for hydroxylation is 1. The van der Waals surface area contributed by atoms with E-state index in [1.165, 1.54) is 5.56 Å². The second-order valence-electron chi connectivity index (χ2n) is 6.28. The average molecular weight is 375 g/mol. The van der Waals surface area contributed by atoms with Crippen molar-refractivity contribution in [2.45, 2.75) is 26.4 Å². The molecule has 0 spiro atoms. The molecule has 0 bridgehead atoms. The Bertz CT molecular complexity index is 834. The van der Waals surface area contributed by atoms with Crippen molar-refractivity contribution in [3.63, 3.8) is 0 Å². The first-order valence-corrected chi connectivity index (χ1v) is 8.20. The van der Waals surface area contributed by atoms with Crippen LogP contribution in [0.4, 0.5) is 5.82 Å². The monoisotopic (exact) mass is 374 g/mol. The summed E-state index contributed by atoms with van der Waals surface area (Å²) in [6, 6.07) is 8.32. The van der Waals surface area contributed by atoms with Crippen LogP contribution in [0.15, 0.2) is 41.3 Å². The maximum absolute atomic E-state index is 9.90. The van der Waals surface area contributed by atoms with Crippen molar-refractivity contribution in [1.82, 2.24) is 14.4 Å². The minimum absolute atomic E-state index is 0.388. The maximum Gasteiger partial charge on any atom is 0.180 e. The molecule has 2 aromatic heterocycles. The molecule has 23 heavy (non-hydrogen) atoms. The summed E-state index contributed by atoms with van der Waals surface area (Å²) in [5.41, 5.74) is 3.21. The van der Waals surface area contributed by atoms with Crippen LogP contribution < -0.4 is 5.32 Å². The molecule has 0 atom stereocenters. The molecule has 0 aliphatic rings. The van der Waals surface area contributed by atoms with E-state index in [2.05, 4.69) is 62.4 Å². The Balaban J connectivity index is 2.06. The van der Waals surface area contributed by atoms with Crippen LogP contribution in [-0.4, -0.2) is 31.6 Å². The maximum atomic E-state index is 9.90. The Morgan fingerprint density at radius 2 is 1.96 bits per heavy atom. The molecule has 0 saturated heterocycles. The Labute approximate surface area is 143 Å². The van der Waals surface area contributed by atoms with Gasteiger partial charge in [-0.05, 0) is 36.7 Å². The van der Waals surface area contributed by atoms with Crippen molar-refractivity contribution in [3.05, 3.63) is 46.8 Å². The van der Waals surface area contributed by atoms with Gasteiger partial charge in [0.15, 0.2) is 11.5 Å². The lowest BCUT2D eigenvalue weighted by molar-refractivity contribution is 0.0944. The van der Waals surface area contributed by atoms with Gasteiger partial charge in [-0.3, -0.25) is 4.40 Å². The zero-order chi connectivity index (χ0) is 16.6. The van der Waals surface area contributed by atoms with Crippen LogP contribution in [0.5, 0.6) is 0 Å². The molecule has 2 N–H and O–H groups in total. The fourth-order valence-corrected chi connectivity index (χ4v) is 2.70. The average Bonchev–Trinajstić information content (AvgIpc) is 2.88. The number of imidazole rings is 1. The second-order valence-corrected chi connectivity index (χ2v) is 7.09. The standard InChI is InChI=1S/C17H19BrN4O/c1-11-4-6-12(7-5-11)13-8-19-16-15(20-10-17(2,3)23)21-14(18)9-22(13)16/h4-9,23H,10H2,1-3H3,(H,20,21). The van der Waals surface area contributed by atoms with Crippen LogP contribution in [0.1, 0.15) is 19.4 Å². The highest BCUT2D eigenvalue weighted by Gasteiger charge is 2.16. The van der Waals surface area contributed by atoms with E-state index in [0.717, 1.165) is 16.9 Å². The Kier molecular flexibility index (Phi) is 4.12. The van der Waals surface area contributed by atoms with Gasteiger partial charge in [0.2, 0.25) is 0 Å². The molecule has 120 valence electrons. The van der Waals surface area contributed by atoms with E-state index in [1.54, 1.807) is 13.8 Å². The van der Waals surface area contributed by atoms with E-state index in [4.69, 9.17) is 0 Å². The number of anilines is 1. The first kappa shape index (κ1) is 16.0. The number of nitrogens with zero attached hydrogens (tertiary/aromatic N) is 3. The lowest BCUT2D eigenvalue weighted by atomic mass is 10.1. The summed E-state index contributed by atoms with van der Waals surface area (Å²) in [4.78, 5) is 8.93. The fraction of sp³-hybridized carbons (Fsp3) is 0.294. The molecule has 0 aliphatic carbocycles. The van der Waals surface area contributed by atoms with Crippen LogP contribution >= 0.6 is 15.9 Å². The van der Waals surface area contributed by atoms with Crippen molar-refractivity contribution in [2.24, 2.45) is 0 Å². The molecule has 6 heteroatoms.